The van der Waals surface area contributed by atoms with E-state index in [0.717, 1.165) is 5.56 Å². The Bertz CT molecular complexity index is 408. The molecule has 4 N–H and O–H groups in total. The highest BCUT2D eigenvalue weighted by molar-refractivity contribution is 5.93. The van der Waals surface area contributed by atoms with E-state index >= 15 is 0 Å². The van der Waals surface area contributed by atoms with Crippen LogP contribution >= 0.6 is 0 Å². The van der Waals surface area contributed by atoms with E-state index in [0.29, 0.717) is 12.2 Å². The highest BCUT2D eigenvalue weighted by atomic mass is 16.5. The van der Waals surface area contributed by atoms with Crippen molar-refractivity contribution in [2.75, 3.05) is 6.61 Å². The summed E-state index contributed by atoms with van der Waals surface area (Å²) < 4.78 is 4.94. The van der Waals surface area contributed by atoms with Gasteiger partial charge in [0.15, 0.2) is 0 Å². The first-order valence-electron chi connectivity index (χ1n) is 4.67. The highest BCUT2D eigenvalue weighted by Crippen LogP contribution is 2.31. The van der Waals surface area contributed by atoms with Gasteiger partial charge in [0.1, 0.15) is 12.4 Å². The van der Waals surface area contributed by atoms with E-state index in [1.807, 2.05) is 30.3 Å². The van der Waals surface area contributed by atoms with Crippen molar-refractivity contribution in [3.8, 4) is 0 Å². The average Bonchev–Trinajstić information content (AvgIpc) is 2.61. The molecule has 0 saturated carbocycles. The predicted octanol–water partition coefficient (Wildman–Crippen LogP) is 0.456. The number of cyclic esters (lactones) is 1. The quantitative estimate of drug-likeness (QED) is 0.514. The molecule has 0 aliphatic carbocycles. The summed E-state index contributed by atoms with van der Waals surface area (Å²) in [5, 5.41) is 0. The highest BCUT2D eigenvalue weighted by Gasteiger charge is 2.33. The molecule has 0 radical (unpaired) electrons. The topological polar surface area (TPSA) is 78.3 Å². The summed E-state index contributed by atoms with van der Waals surface area (Å²) >= 11 is 0. The molecule has 1 fully saturated rings. The molecule has 1 aromatic rings. The Balaban J connectivity index is 2.40. The van der Waals surface area contributed by atoms with Gasteiger partial charge in [-0.05, 0) is 5.56 Å². The molecule has 1 heterocycles. The molecule has 15 heavy (non-hydrogen) atoms. The van der Waals surface area contributed by atoms with Gasteiger partial charge in [-0.25, -0.2) is 4.79 Å². The number of carbonyl (C=O) groups excluding carboxylic acids is 1. The number of benzene rings is 1. The van der Waals surface area contributed by atoms with Crippen LogP contribution < -0.4 is 11.5 Å². The van der Waals surface area contributed by atoms with Gasteiger partial charge in [-0.2, -0.15) is 0 Å². The van der Waals surface area contributed by atoms with Crippen LogP contribution in [0.3, 0.4) is 0 Å². The van der Waals surface area contributed by atoms with Crippen LogP contribution in [0.5, 0.6) is 0 Å². The molecule has 2 rings (SSSR count). The van der Waals surface area contributed by atoms with Crippen molar-refractivity contribution < 1.29 is 9.53 Å². The van der Waals surface area contributed by atoms with Gasteiger partial charge in [0, 0.05) is 0 Å². The largest absolute Gasteiger partial charge is 0.461 e. The second kappa shape index (κ2) is 3.65. The zero-order chi connectivity index (χ0) is 10.8. The normalized spacial score (nSPS) is 20.1. The maximum Gasteiger partial charge on any atom is 0.338 e. The number of hydrogen-bond donors (Lipinski definition) is 2. The Morgan fingerprint density at radius 1 is 1.27 bits per heavy atom. The van der Waals surface area contributed by atoms with Gasteiger partial charge in [0.2, 0.25) is 0 Å². The van der Waals surface area contributed by atoms with Gasteiger partial charge in [-0.15, -0.1) is 0 Å². The minimum Gasteiger partial charge on any atom is -0.461 e. The predicted molar refractivity (Wildman–Crippen MR) is 55.5 cm³/mol. The third kappa shape index (κ3) is 1.66. The van der Waals surface area contributed by atoms with Crippen molar-refractivity contribution in [1.82, 2.24) is 0 Å². The van der Waals surface area contributed by atoms with Crippen LogP contribution in [0.4, 0.5) is 0 Å². The van der Waals surface area contributed by atoms with E-state index in [9.17, 15) is 4.79 Å². The average molecular weight is 204 g/mol. The lowest BCUT2D eigenvalue weighted by Crippen LogP contribution is -2.17. The molecule has 1 unspecified atom stereocenters. The summed E-state index contributed by atoms with van der Waals surface area (Å²) in [5.74, 6) is -0.501. The molecular formula is C11H12N2O2. The number of carbonyl (C=O) groups is 1. The first kappa shape index (κ1) is 9.58. The van der Waals surface area contributed by atoms with Crippen LogP contribution in [-0.4, -0.2) is 12.6 Å². The van der Waals surface area contributed by atoms with E-state index in [4.69, 9.17) is 16.2 Å². The molecule has 0 amide bonds. The van der Waals surface area contributed by atoms with Gasteiger partial charge < -0.3 is 16.2 Å². The Kier molecular flexibility index (Phi) is 2.33. The van der Waals surface area contributed by atoms with Crippen molar-refractivity contribution in [2.45, 2.75) is 5.92 Å². The monoisotopic (exact) mass is 204 g/mol. The zero-order valence-corrected chi connectivity index (χ0v) is 8.14. The molecule has 1 atom stereocenters. The van der Waals surface area contributed by atoms with Crippen LogP contribution in [0.1, 0.15) is 11.5 Å². The standard InChI is InChI=1S/C11H12N2O2/c12-10(13)9-8(6-15-11(9)14)7-4-2-1-3-5-7/h1-5,8H,6,12-13H2. The number of ether oxygens (including phenoxy) is 1. The van der Waals surface area contributed by atoms with Gasteiger partial charge in [-0.3, -0.25) is 0 Å². The molecule has 1 aliphatic heterocycles. The molecule has 0 aromatic heterocycles. The SMILES string of the molecule is NC(N)=C1C(=O)OCC1c1ccccc1. The lowest BCUT2D eigenvalue weighted by atomic mass is 9.94. The first-order valence-corrected chi connectivity index (χ1v) is 4.67. The summed E-state index contributed by atoms with van der Waals surface area (Å²) in [7, 11) is 0. The molecule has 78 valence electrons. The second-order valence-electron chi connectivity index (χ2n) is 3.43. The van der Waals surface area contributed by atoms with Crippen LogP contribution in [0.15, 0.2) is 41.7 Å². The molecule has 0 spiro atoms. The molecule has 4 nitrogen and oxygen atoms in total. The Morgan fingerprint density at radius 3 is 2.53 bits per heavy atom. The van der Waals surface area contributed by atoms with Crippen molar-refractivity contribution >= 4 is 5.97 Å². The van der Waals surface area contributed by atoms with Crippen LogP contribution in [0.25, 0.3) is 0 Å². The van der Waals surface area contributed by atoms with E-state index in [1.165, 1.54) is 0 Å². The molecular weight excluding hydrogens is 192 g/mol. The van der Waals surface area contributed by atoms with Crippen molar-refractivity contribution in [3.05, 3.63) is 47.3 Å². The molecule has 1 saturated heterocycles. The minimum absolute atomic E-state index is 0.0475. The molecule has 4 heteroatoms. The van der Waals surface area contributed by atoms with Gasteiger partial charge in [0.25, 0.3) is 0 Å². The minimum atomic E-state index is -0.413. The Morgan fingerprint density at radius 2 is 1.93 bits per heavy atom. The smallest absolute Gasteiger partial charge is 0.338 e. The number of esters is 1. The fraction of sp³-hybridized carbons (Fsp3) is 0.182. The lowest BCUT2D eigenvalue weighted by molar-refractivity contribution is -0.135. The second-order valence-corrected chi connectivity index (χ2v) is 3.43. The van der Waals surface area contributed by atoms with Crippen molar-refractivity contribution in [3.63, 3.8) is 0 Å². The Hall–Kier alpha value is -1.97. The number of hydrogen-bond acceptors (Lipinski definition) is 4. The summed E-state index contributed by atoms with van der Waals surface area (Å²) in [5.41, 5.74) is 12.3. The zero-order valence-electron chi connectivity index (χ0n) is 8.14. The van der Waals surface area contributed by atoms with Crippen LogP contribution in [-0.2, 0) is 9.53 Å². The lowest BCUT2D eigenvalue weighted by Gasteiger charge is -2.08. The van der Waals surface area contributed by atoms with Gasteiger partial charge >= 0.3 is 5.97 Å². The summed E-state index contributed by atoms with van der Waals surface area (Å²) in [6.07, 6.45) is 0. The number of nitrogens with two attached hydrogens (primary N) is 2. The molecule has 1 aromatic carbocycles. The molecule has 1 aliphatic rings. The van der Waals surface area contributed by atoms with Crippen LogP contribution in [0, 0.1) is 0 Å². The fourth-order valence-corrected chi connectivity index (χ4v) is 1.73. The third-order valence-corrected chi connectivity index (χ3v) is 2.46. The molecule has 0 bridgehead atoms. The maximum atomic E-state index is 11.4. The van der Waals surface area contributed by atoms with Crippen LogP contribution in [0.2, 0.25) is 0 Å². The van der Waals surface area contributed by atoms with E-state index in [-0.39, 0.29) is 11.7 Å². The van der Waals surface area contributed by atoms with Gasteiger partial charge in [-0.1, -0.05) is 30.3 Å². The number of rotatable bonds is 1. The fourth-order valence-electron chi connectivity index (χ4n) is 1.73. The van der Waals surface area contributed by atoms with E-state index < -0.39 is 5.97 Å². The van der Waals surface area contributed by atoms with Crippen molar-refractivity contribution in [2.24, 2.45) is 11.5 Å². The van der Waals surface area contributed by atoms with Gasteiger partial charge in [0.05, 0.1) is 11.5 Å². The first-order chi connectivity index (χ1) is 7.20. The third-order valence-electron chi connectivity index (χ3n) is 2.46. The Labute approximate surface area is 87.5 Å². The van der Waals surface area contributed by atoms with E-state index in [1.54, 1.807) is 0 Å². The maximum absolute atomic E-state index is 11.4. The van der Waals surface area contributed by atoms with E-state index in [2.05, 4.69) is 0 Å². The summed E-state index contributed by atoms with van der Waals surface area (Å²) in [6, 6.07) is 9.58. The summed E-state index contributed by atoms with van der Waals surface area (Å²) in [4.78, 5) is 11.4. The summed E-state index contributed by atoms with van der Waals surface area (Å²) in [6.45, 7) is 0.316. The van der Waals surface area contributed by atoms with Crippen molar-refractivity contribution in [1.29, 1.82) is 0 Å².